The Labute approximate surface area is 99.5 Å². The van der Waals surface area contributed by atoms with Crippen molar-refractivity contribution in [3.8, 4) is 0 Å². The van der Waals surface area contributed by atoms with Crippen LogP contribution in [0.25, 0.3) is 0 Å². The number of hydrogen-bond acceptors (Lipinski definition) is 5. The summed E-state index contributed by atoms with van der Waals surface area (Å²) in [5.41, 5.74) is 0.663. The molecule has 0 fully saturated rings. The number of aromatic nitrogens is 1. The van der Waals surface area contributed by atoms with Gasteiger partial charge in [0.15, 0.2) is 0 Å². The summed E-state index contributed by atoms with van der Waals surface area (Å²) < 4.78 is 4.95. The van der Waals surface area contributed by atoms with Crippen molar-refractivity contribution < 1.29 is 19.7 Å². The second-order valence-electron chi connectivity index (χ2n) is 3.40. The predicted molar refractivity (Wildman–Crippen MR) is 62.4 cm³/mol. The van der Waals surface area contributed by atoms with E-state index in [0.717, 1.165) is 0 Å². The van der Waals surface area contributed by atoms with Gasteiger partial charge < -0.3 is 19.8 Å². The van der Waals surface area contributed by atoms with Crippen LogP contribution >= 0.6 is 0 Å². The highest BCUT2D eigenvalue weighted by atomic mass is 16.5. The van der Waals surface area contributed by atoms with E-state index in [4.69, 9.17) is 14.9 Å². The van der Waals surface area contributed by atoms with E-state index >= 15 is 0 Å². The molecule has 17 heavy (non-hydrogen) atoms. The van der Waals surface area contributed by atoms with Gasteiger partial charge in [-0.05, 0) is 6.07 Å². The van der Waals surface area contributed by atoms with Gasteiger partial charge in [0, 0.05) is 32.6 Å². The van der Waals surface area contributed by atoms with Crippen molar-refractivity contribution >= 4 is 11.7 Å². The van der Waals surface area contributed by atoms with Crippen LogP contribution in [-0.4, -0.2) is 54.6 Å². The summed E-state index contributed by atoms with van der Waals surface area (Å²) in [7, 11) is 1.57. The molecule has 0 aliphatic rings. The third-order valence-corrected chi connectivity index (χ3v) is 2.30. The highest BCUT2D eigenvalue weighted by Crippen LogP contribution is 2.18. The summed E-state index contributed by atoms with van der Waals surface area (Å²) in [6, 6.07) is 1.62. The molecule has 0 atom stereocenters. The average molecular weight is 240 g/mol. The number of ether oxygens (including phenoxy) is 1. The summed E-state index contributed by atoms with van der Waals surface area (Å²) in [5.74, 6) is -1.03. The van der Waals surface area contributed by atoms with E-state index < -0.39 is 5.97 Å². The van der Waals surface area contributed by atoms with Crippen LogP contribution in [0.1, 0.15) is 10.4 Å². The van der Waals surface area contributed by atoms with E-state index in [-0.39, 0.29) is 12.2 Å². The number of methoxy groups -OCH3 is 1. The molecule has 1 aromatic heterocycles. The van der Waals surface area contributed by atoms with Gasteiger partial charge >= 0.3 is 5.97 Å². The molecule has 0 saturated heterocycles. The molecular formula is C11H16N2O4. The number of carboxylic acid groups (broad SMARTS) is 1. The smallest absolute Gasteiger partial charge is 0.339 e. The molecule has 2 N–H and O–H groups in total. The van der Waals surface area contributed by atoms with Crippen molar-refractivity contribution in [2.24, 2.45) is 0 Å². The first-order chi connectivity index (χ1) is 8.20. The molecule has 6 heteroatoms. The van der Waals surface area contributed by atoms with Crippen LogP contribution in [0, 0.1) is 0 Å². The molecule has 6 nitrogen and oxygen atoms in total. The Bertz CT molecular complexity index is 370. The highest BCUT2D eigenvalue weighted by molar-refractivity contribution is 5.94. The molecule has 0 unspecified atom stereocenters. The summed E-state index contributed by atoms with van der Waals surface area (Å²) in [5, 5.41) is 18.0. The lowest BCUT2D eigenvalue weighted by molar-refractivity contribution is 0.0697. The fourth-order valence-electron chi connectivity index (χ4n) is 1.50. The SMILES string of the molecule is COCCN(CCO)c1ccncc1C(=O)O. The third-order valence-electron chi connectivity index (χ3n) is 2.30. The maximum Gasteiger partial charge on any atom is 0.339 e. The minimum Gasteiger partial charge on any atom is -0.478 e. The molecule has 0 spiro atoms. The number of aromatic carboxylic acids is 1. The van der Waals surface area contributed by atoms with E-state index in [0.29, 0.717) is 25.4 Å². The Morgan fingerprint density at radius 2 is 2.29 bits per heavy atom. The second kappa shape index (κ2) is 6.82. The lowest BCUT2D eigenvalue weighted by atomic mass is 10.2. The molecule has 0 aliphatic carbocycles. The van der Waals surface area contributed by atoms with Crippen LogP contribution in [0.5, 0.6) is 0 Å². The molecule has 0 bridgehead atoms. The van der Waals surface area contributed by atoms with Crippen LogP contribution in [-0.2, 0) is 4.74 Å². The van der Waals surface area contributed by atoms with Crippen molar-refractivity contribution in [2.45, 2.75) is 0 Å². The molecule has 0 amide bonds. The summed E-state index contributed by atoms with van der Waals surface area (Å²) in [6.45, 7) is 1.28. The maximum atomic E-state index is 11.0. The number of hydrogen-bond donors (Lipinski definition) is 2. The highest BCUT2D eigenvalue weighted by Gasteiger charge is 2.15. The van der Waals surface area contributed by atoms with Gasteiger partial charge in [-0.3, -0.25) is 4.98 Å². The molecule has 1 rings (SSSR count). The topological polar surface area (TPSA) is 82.9 Å². The van der Waals surface area contributed by atoms with Gasteiger partial charge in [-0.15, -0.1) is 0 Å². The van der Waals surface area contributed by atoms with Gasteiger partial charge in [-0.25, -0.2) is 4.79 Å². The van der Waals surface area contributed by atoms with Crippen molar-refractivity contribution in [1.29, 1.82) is 0 Å². The number of aliphatic hydroxyl groups is 1. The maximum absolute atomic E-state index is 11.0. The molecule has 1 aromatic rings. The van der Waals surface area contributed by atoms with Crippen LogP contribution in [0.2, 0.25) is 0 Å². The largest absolute Gasteiger partial charge is 0.478 e. The number of nitrogens with zero attached hydrogens (tertiary/aromatic N) is 2. The van der Waals surface area contributed by atoms with Gasteiger partial charge in [0.2, 0.25) is 0 Å². The quantitative estimate of drug-likeness (QED) is 0.709. The molecule has 0 aliphatic heterocycles. The van der Waals surface area contributed by atoms with E-state index in [1.807, 2.05) is 0 Å². The lowest BCUT2D eigenvalue weighted by Gasteiger charge is -2.24. The van der Waals surface area contributed by atoms with Gasteiger partial charge in [0.05, 0.1) is 18.9 Å². The van der Waals surface area contributed by atoms with Crippen molar-refractivity contribution in [2.75, 3.05) is 38.3 Å². The Morgan fingerprint density at radius 1 is 1.53 bits per heavy atom. The number of anilines is 1. The monoisotopic (exact) mass is 240 g/mol. The Hall–Kier alpha value is -1.66. The van der Waals surface area contributed by atoms with Crippen LogP contribution < -0.4 is 4.90 Å². The molecule has 1 heterocycles. The molecule has 94 valence electrons. The van der Waals surface area contributed by atoms with Crippen molar-refractivity contribution in [1.82, 2.24) is 4.98 Å². The Kier molecular flexibility index (Phi) is 5.38. The number of aliphatic hydroxyl groups excluding tert-OH is 1. The molecule has 0 radical (unpaired) electrons. The first-order valence-electron chi connectivity index (χ1n) is 5.22. The van der Waals surface area contributed by atoms with E-state index in [2.05, 4.69) is 4.98 Å². The first-order valence-corrected chi connectivity index (χ1v) is 5.22. The van der Waals surface area contributed by atoms with Crippen molar-refractivity contribution in [3.63, 3.8) is 0 Å². The van der Waals surface area contributed by atoms with Crippen LogP contribution in [0.4, 0.5) is 5.69 Å². The second-order valence-corrected chi connectivity index (χ2v) is 3.40. The van der Waals surface area contributed by atoms with Gasteiger partial charge in [0.1, 0.15) is 5.56 Å². The zero-order chi connectivity index (χ0) is 12.7. The van der Waals surface area contributed by atoms with E-state index in [1.54, 1.807) is 18.1 Å². The molecule has 0 aromatic carbocycles. The predicted octanol–water partition coefficient (Wildman–Crippen LogP) is 0.225. The van der Waals surface area contributed by atoms with Crippen molar-refractivity contribution in [3.05, 3.63) is 24.0 Å². The van der Waals surface area contributed by atoms with Gasteiger partial charge in [0.25, 0.3) is 0 Å². The first kappa shape index (κ1) is 13.4. The van der Waals surface area contributed by atoms with Gasteiger partial charge in [-0.2, -0.15) is 0 Å². The summed E-state index contributed by atoms with van der Waals surface area (Å²) in [4.78, 5) is 16.6. The average Bonchev–Trinajstić information content (AvgIpc) is 2.34. The minimum absolute atomic E-state index is 0.0505. The number of rotatable bonds is 7. The normalized spacial score (nSPS) is 10.2. The summed E-state index contributed by atoms with van der Waals surface area (Å²) in [6.07, 6.45) is 2.83. The third kappa shape index (κ3) is 3.69. The zero-order valence-electron chi connectivity index (χ0n) is 9.67. The van der Waals surface area contributed by atoms with Crippen LogP contribution in [0.15, 0.2) is 18.5 Å². The Morgan fingerprint density at radius 3 is 2.88 bits per heavy atom. The minimum atomic E-state index is -1.03. The number of carboxylic acids is 1. The number of pyridine rings is 1. The standard InChI is InChI=1S/C11H16N2O4/c1-17-7-5-13(4-6-14)10-2-3-12-8-9(10)11(15)16/h2-3,8,14H,4-7H2,1H3,(H,15,16). The van der Waals surface area contributed by atoms with E-state index in [1.165, 1.54) is 12.4 Å². The fraction of sp³-hybridized carbons (Fsp3) is 0.455. The fourth-order valence-corrected chi connectivity index (χ4v) is 1.50. The van der Waals surface area contributed by atoms with E-state index in [9.17, 15) is 4.79 Å². The Balaban J connectivity index is 2.95. The van der Waals surface area contributed by atoms with Crippen LogP contribution in [0.3, 0.4) is 0 Å². The molecule has 0 saturated carbocycles. The van der Waals surface area contributed by atoms with Gasteiger partial charge in [-0.1, -0.05) is 0 Å². The molecular weight excluding hydrogens is 224 g/mol. The zero-order valence-corrected chi connectivity index (χ0v) is 9.67. The summed E-state index contributed by atoms with van der Waals surface area (Å²) >= 11 is 0. The lowest BCUT2D eigenvalue weighted by Crippen LogP contribution is -2.31. The number of carbonyl (C=O) groups is 1.